The number of anilines is 1. The Morgan fingerprint density at radius 2 is 2.14 bits per heavy atom. The highest BCUT2D eigenvalue weighted by atomic mass is 16.3. The van der Waals surface area contributed by atoms with Crippen LogP contribution in [0.25, 0.3) is 0 Å². The molecule has 4 amide bonds. The fourth-order valence-corrected chi connectivity index (χ4v) is 2.70. The van der Waals surface area contributed by atoms with Crippen LogP contribution in [0.3, 0.4) is 0 Å². The first kappa shape index (κ1) is 13.2. The van der Waals surface area contributed by atoms with Gasteiger partial charge in [-0.1, -0.05) is 0 Å². The van der Waals surface area contributed by atoms with E-state index in [4.69, 9.17) is 5.73 Å². The van der Waals surface area contributed by atoms with E-state index >= 15 is 0 Å². The monoisotopic (exact) mass is 290 g/mol. The summed E-state index contributed by atoms with van der Waals surface area (Å²) in [5.41, 5.74) is 5.11. The van der Waals surface area contributed by atoms with Gasteiger partial charge in [0.2, 0.25) is 0 Å². The van der Waals surface area contributed by atoms with Crippen molar-refractivity contribution in [3.63, 3.8) is 0 Å². The zero-order valence-corrected chi connectivity index (χ0v) is 11.0. The molecule has 5 N–H and O–H groups in total. The van der Waals surface area contributed by atoms with Crippen molar-refractivity contribution in [3.05, 3.63) is 23.8 Å². The summed E-state index contributed by atoms with van der Waals surface area (Å²) >= 11 is 0. The number of benzene rings is 1. The predicted molar refractivity (Wildman–Crippen MR) is 72.4 cm³/mol. The quantitative estimate of drug-likeness (QED) is 0.312. The Bertz CT molecular complexity index is 660. The van der Waals surface area contributed by atoms with Gasteiger partial charge in [-0.05, 0) is 24.6 Å². The number of carbonyl (C=O) groups excluding carboxylic acids is 3. The number of amides is 4. The van der Waals surface area contributed by atoms with Gasteiger partial charge in [0.05, 0.1) is 12.1 Å². The first-order valence-electron chi connectivity index (χ1n) is 6.43. The molecule has 0 radical (unpaired) electrons. The third-order valence-corrected chi connectivity index (χ3v) is 3.84. The number of nitrogens with two attached hydrogens (primary N) is 1. The van der Waals surface area contributed by atoms with Gasteiger partial charge in [-0.3, -0.25) is 14.9 Å². The number of rotatable bonds is 1. The molecule has 2 saturated heterocycles. The molecule has 0 aromatic heterocycles. The summed E-state index contributed by atoms with van der Waals surface area (Å²) in [6.45, 7) is 0.403. The number of nitrogens with zero attached hydrogens (tertiary/aromatic N) is 1. The van der Waals surface area contributed by atoms with Gasteiger partial charge in [0.1, 0.15) is 11.3 Å². The number of urea groups is 1. The summed E-state index contributed by atoms with van der Waals surface area (Å²) in [6, 6.07) is 3.57. The number of aromatic hydroxyl groups is 1. The molecule has 2 heterocycles. The number of likely N-dealkylation sites (tertiary alicyclic amines) is 1. The van der Waals surface area contributed by atoms with E-state index in [0.29, 0.717) is 13.0 Å². The highest BCUT2D eigenvalue weighted by Crippen LogP contribution is 2.28. The van der Waals surface area contributed by atoms with Crippen LogP contribution in [0, 0.1) is 0 Å². The fraction of sp³-hybridized carbons (Fsp3) is 0.308. The molecule has 1 spiro atoms. The summed E-state index contributed by atoms with van der Waals surface area (Å²) < 4.78 is 0. The average molecular weight is 290 g/mol. The van der Waals surface area contributed by atoms with E-state index < -0.39 is 17.5 Å². The Kier molecular flexibility index (Phi) is 2.75. The first-order valence-corrected chi connectivity index (χ1v) is 6.43. The largest absolute Gasteiger partial charge is 0.508 e. The lowest BCUT2D eigenvalue weighted by molar-refractivity contribution is -0.123. The third-order valence-electron chi connectivity index (χ3n) is 3.84. The van der Waals surface area contributed by atoms with Gasteiger partial charge in [0.15, 0.2) is 0 Å². The number of hydrogen-bond donors (Lipinski definition) is 4. The van der Waals surface area contributed by atoms with Crippen LogP contribution >= 0.6 is 0 Å². The number of phenols is 1. The van der Waals surface area contributed by atoms with E-state index in [2.05, 4.69) is 10.6 Å². The van der Waals surface area contributed by atoms with Crippen LogP contribution in [-0.2, 0) is 4.79 Å². The van der Waals surface area contributed by atoms with Crippen molar-refractivity contribution in [2.45, 2.75) is 12.0 Å². The van der Waals surface area contributed by atoms with Crippen molar-refractivity contribution in [2.75, 3.05) is 18.8 Å². The van der Waals surface area contributed by atoms with Gasteiger partial charge >= 0.3 is 6.03 Å². The van der Waals surface area contributed by atoms with Gasteiger partial charge in [-0.2, -0.15) is 0 Å². The molecular weight excluding hydrogens is 276 g/mol. The summed E-state index contributed by atoms with van der Waals surface area (Å²) in [4.78, 5) is 37.0. The van der Waals surface area contributed by atoms with Gasteiger partial charge in [0, 0.05) is 12.2 Å². The Morgan fingerprint density at radius 3 is 2.81 bits per heavy atom. The van der Waals surface area contributed by atoms with E-state index in [1.807, 2.05) is 0 Å². The van der Waals surface area contributed by atoms with Crippen LogP contribution in [0.1, 0.15) is 16.8 Å². The number of hydrogen-bond acceptors (Lipinski definition) is 5. The minimum Gasteiger partial charge on any atom is -0.508 e. The predicted octanol–water partition coefficient (Wildman–Crippen LogP) is -0.601. The number of imide groups is 1. The average Bonchev–Trinajstić information content (AvgIpc) is 2.97. The maximum absolute atomic E-state index is 12.4. The lowest BCUT2D eigenvalue weighted by Gasteiger charge is -2.21. The van der Waals surface area contributed by atoms with E-state index in [9.17, 15) is 19.5 Å². The Balaban J connectivity index is 1.83. The van der Waals surface area contributed by atoms with Gasteiger partial charge in [-0.25, -0.2) is 4.79 Å². The molecule has 0 saturated carbocycles. The summed E-state index contributed by atoms with van der Waals surface area (Å²) in [6.07, 6.45) is 0.342. The molecule has 1 unspecified atom stereocenters. The maximum atomic E-state index is 12.4. The van der Waals surface area contributed by atoms with E-state index in [1.54, 1.807) is 0 Å². The molecule has 1 aromatic carbocycles. The second-order valence-electron chi connectivity index (χ2n) is 5.24. The lowest BCUT2D eigenvalue weighted by Crippen LogP contribution is -2.49. The zero-order valence-electron chi connectivity index (χ0n) is 11.0. The molecule has 1 aromatic rings. The lowest BCUT2D eigenvalue weighted by atomic mass is 9.99. The molecular formula is C13H14N4O4. The second kappa shape index (κ2) is 4.37. The number of carbonyl (C=O) groups is 3. The SMILES string of the molecule is Nc1ccc(O)cc1C(=O)N1CCC2(C1)NC(=O)NC2=O. The van der Waals surface area contributed by atoms with Gasteiger partial charge < -0.3 is 21.1 Å². The highest BCUT2D eigenvalue weighted by molar-refractivity contribution is 6.08. The van der Waals surface area contributed by atoms with Crippen LogP contribution in [0.5, 0.6) is 5.75 Å². The molecule has 8 nitrogen and oxygen atoms in total. The van der Waals surface area contributed by atoms with E-state index in [-0.39, 0.29) is 29.5 Å². The molecule has 2 aliphatic rings. The maximum Gasteiger partial charge on any atom is 0.322 e. The molecule has 2 fully saturated rings. The van der Waals surface area contributed by atoms with Crippen molar-refractivity contribution >= 4 is 23.5 Å². The van der Waals surface area contributed by atoms with Crippen molar-refractivity contribution in [2.24, 2.45) is 0 Å². The molecule has 110 valence electrons. The zero-order chi connectivity index (χ0) is 15.2. The van der Waals surface area contributed by atoms with Crippen LogP contribution in [0.15, 0.2) is 18.2 Å². The normalized spacial score (nSPS) is 24.3. The van der Waals surface area contributed by atoms with Crippen LogP contribution in [0.2, 0.25) is 0 Å². The second-order valence-corrected chi connectivity index (χ2v) is 5.24. The highest BCUT2D eigenvalue weighted by Gasteiger charge is 2.51. The molecule has 0 bridgehead atoms. The fourth-order valence-electron chi connectivity index (χ4n) is 2.70. The molecule has 1 atom stereocenters. The van der Waals surface area contributed by atoms with Crippen molar-refractivity contribution in [1.29, 1.82) is 0 Å². The van der Waals surface area contributed by atoms with Crippen LogP contribution < -0.4 is 16.4 Å². The summed E-state index contributed by atoms with van der Waals surface area (Å²) in [5, 5.41) is 14.2. The van der Waals surface area contributed by atoms with Crippen molar-refractivity contribution in [3.8, 4) is 5.75 Å². The summed E-state index contributed by atoms with van der Waals surface area (Å²) in [7, 11) is 0. The third kappa shape index (κ3) is 2.04. The smallest absolute Gasteiger partial charge is 0.322 e. The van der Waals surface area contributed by atoms with E-state index in [0.717, 1.165) is 0 Å². The standard InChI is InChI=1S/C13H14N4O4/c14-9-2-1-7(18)5-8(9)10(19)17-4-3-13(6-17)11(20)15-12(21)16-13/h1-2,5,18H,3-4,6,14H2,(H2,15,16,20,21). The Labute approximate surface area is 119 Å². The Hall–Kier alpha value is -2.77. The number of phenolic OH excluding ortho intramolecular Hbond substituents is 1. The first-order chi connectivity index (χ1) is 9.91. The molecule has 21 heavy (non-hydrogen) atoms. The van der Waals surface area contributed by atoms with Crippen molar-refractivity contribution < 1.29 is 19.5 Å². The molecule has 3 rings (SSSR count). The Morgan fingerprint density at radius 1 is 1.38 bits per heavy atom. The number of nitrogens with one attached hydrogen (secondary N) is 2. The molecule has 2 aliphatic heterocycles. The topological polar surface area (TPSA) is 125 Å². The molecule has 8 heteroatoms. The minimum absolute atomic E-state index is 0.0617. The minimum atomic E-state index is -1.06. The number of nitrogen functional groups attached to an aromatic ring is 1. The van der Waals surface area contributed by atoms with Crippen LogP contribution in [0.4, 0.5) is 10.5 Å². The van der Waals surface area contributed by atoms with E-state index in [1.165, 1.54) is 23.1 Å². The van der Waals surface area contributed by atoms with Crippen LogP contribution in [-0.4, -0.2) is 46.5 Å². The molecule has 0 aliphatic carbocycles. The summed E-state index contributed by atoms with van der Waals surface area (Å²) in [5.74, 6) is -0.866. The van der Waals surface area contributed by atoms with Crippen molar-refractivity contribution in [1.82, 2.24) is 15.5 Å². The van der Waals surface area contributed by atoms with Gasteiger partial charge in [0.25, 0.3) is 11.8 Å². The van der Waals surface area contributed by atoms with Gasteiger partial charge in [-0.15, -0.1) is 0 Å².